The summed E-state index contributed by atoms with van der Waals surface area (Å²) in [6.45, 7) is 10.4. The molecular formula is C57H94F12O6Si2. The lowest BCUT2D eigenvalue weighted by atomic mass is 9.56. The molecule has 4 saturated carbocycles. The average molecular weight is 1170 g/mol. The molecule has 0 radical (unpaired) electrons. The normalized spacial score (nSPS) is 31.8. The maximum Gasteiger partial charge on any atom is 0.438 e. The van der Waals surface area contributed by atoms with Crippen LogP contribution in [-0.2, 0) is 8.85 Å². The van der Waals surface area contributed by atoms with Crippen LogP contribution in [0.5, 0.6) is 0 Å². The zero-order valence-electron chi connectivity index (χ0n) is 58.8. The highest BCUT2D eigenvalue weighted by Gasteiger charge is 2.71. The number of aliphatic hydroxyl groups excluding tert-OH is 1. The molecule has 4 rings (SSSR count). The molecule has 0 bridgehead atoms. The lowest BCUT2D eigenvalue weighted by molar-refractivity contribution is -0.344. The van der Waals surface area contributed by atoms with Crippen molar-refractivity contribution in [1.29, 1.82) is 0 Å². The van der Waals surface area contributed by atoms with Crippen LogP contribution in [0.2, 0.25) is 37.8 Å². The third-order valence-electron chi connectivity index (χ3n) is 18.3. The number of alkyl halides is 12. The number of hydrogen-bond donors (Lipinski definition) is 4. The summed E-state index contributed by atoms with van der Waals surface area (Å²) in [7, 11) is -4.99. The molecule has 0 amide bonds. The standard InChI is InChI=1S/C33H58F6O3Si2.C24H36F6O3/c1-27(2,3)44(11,12)41-25-16-13-22-30(7)24(25)17-18-26(30)29(6,20-14-19-28(4,5)42-43(8,9)10)21-15-23-31(40,32(34,35)36)33(37,38)39;1-19(2,32)11-6-12-20(3,13-7-15-22(33,23(25,26)27)24(28,29)30)18-10-9-16-17(31)8-5-14-21(16,18)4/h24-26,40H,13-14,16-22H2,1-12H3;16-18,31-33H,5-6,8-14H2,1-4H3/t24?,25-,26+,29?,30-;16?,17-,18+,20?,21-/m00/s1/i4D3,5D3;1D3,2D3. The third-order valence-corrected chi connectivity index (χ3v) is 23.8. The highest BCUT2D eigenvalue weighted by molar-refractivity contribution is 6.74. The SMILES string of the molecule is [2H]C([2H])([2H])C(CCCC(C)(CC#CC(O)(C(F)(F)F)C(F)(F)F)[C@H]1CCC2[C@@H](O[Si](C)(C)C(C)(C)C)CCC[C@@]21C)(O[Si](C)(C)C)C([2H])([2H])[2H].[2H]C([2H])([2H])C(O)(CCCC(C)(CC#CC(O)(C(F)(F)F)C(F)(F)F)[C@H]1CCC2[C@@H](O)CCC[C@@]21C)C([2H])([2H])[2H]. The molecule has 4 aliphatic carbocycles. The van der Waals surface area contributed by atoms with E-state index in [0.717, 1.165) is 31.1 Å². The fourth-order valence-electron chi connectivity index (χ4n) is 13.4. The fraction of sp³-hybridized carbons (Fsp3) is 0.930. The van der Waals surface area contributed by atoms with Gasteiger partial charge in [0.05, 0.1) is 17.3 Å². The topological polar surface area (TPSA) is 99.4 Å². The van der Waals surface area contributed by atoms with Gasteiger partial charge in [0.15, 0.2) is 16.6 Å². The smallest absolute Gasteiger partial charge is 0.414 e. The van der Waals surface area contributed by atoms with Crippen molar-refractivity contribution in [3.63, 3.8) is 0 Å². The van der Waals surface area contributed by atoms with Crippen LogP contribution >= 0.6 is 0 Å². The summed E-state index contributed by atoms with van der Waals surface area (Å²) in [6.07, 6.45) is -21.2. The first kappa shape index (κ1) is 52.3. The summed E-state index contributed by atoms with van der Waals surface area (Å²) in [6, 6.07) is 0. The molecule has 0 aromatic carbocycles. The Morgan fingerprint density at radius 1 is 0.558 bits per heavy atom. The van der Waals surface area contributed by atoms with Crippen LogP contribution < -0.4 is 0 Å². The first-order valence-corrected chi connectivity index (χ1v) is 33.0. The van der Waals surface area contributed by atoms with Gasteiger partial charge < -0.3 is 29.3 Å². The van der Waals surface area contributed by atoms with E-state index in [0.29, 0.717) is 44.9 Å². The van der Waals surface area contributed by atoms with Crippen LogP contribution in [0.25, 0.3) is 0 Å². The summed E-state index contributed by atoms with van der Waals surface area (Å²) < 4.78 is 268. The molecule has 10 atom stereocenters. The van der Waals surface area contributed by atoms with Crippen LogP contribution in [0, 0.1) is 69.0 Å². The largest absolute Gasteiger partial charge is 0.438 e. The van der Waals surface area contributed by atoms with Gasteiger partial charge in [-0.2, -0.15) is 52.7 Å². The summed E-state index contributed by atoms with van der Waals surface area (Å²) in [5.74, 6) is 5.30. The van der Waals surface area contributed by atoms with Crippen molar-refractivity contribution >= 4 is 16.6 Å². The molecule has 20 heteroatoms. The van der Waals surface area contributed by atoms with Gasteiger partial charge in [0.2, 0.25) is 0 Å². The van der Waals surface area contributed by atoms with Gasteiger partial charge in [0.25, 0.3) is 0 Å². The second kappa shape index (κ2) is 23.6. The number of rotatable bonds is 16. The molecule has 6 nitrogen and oxygen atoms in total. The summed E-state index contributed by atoms with van der Waals surface area (Å²) in [5.41, 5.74) is -19.3. The summed E-state index contributed by atoms with van der Waals surface area (Å²) in [4.78, 5) is 0. The fourth-order valence-corrected chi connectivity index (χ4v) is 16.0. The molecule has 0 aromatic rings. The Labute approximate surface area is 471 Å². The molecule has 0 aromatic heterocycles. The van der Waals surface area contributed by atoms with E-state index in [1.807, 2.05) is 12.8 Å². The number of hydrogen-bond acceptors (Lipinski definition) is 6. The van der Waals surface area contributed by atoms with Gasteiger partial charge in [0, 0.05) is 35.4 Å². The molecular weight excluding hydrogens is 1060 g/mol. The van der Waals surface area contributed by atoms with Crippen molar-refractivity contribution in [2.75, 3.05) is 0 Å². The molecule has 450 valence electrons. The highest BCUT2D eigenvalue weighted by Crippen LogP contribution is 2.65. The van der Waals surface area contributed by atoms with Gasteiger partial charge in [-0.25, -0.2) is 0 Å². The predicted molar refractivity (Wildman–Crippen MR) is 282 cm³/mol. The molecule has 4 unspecified atom stereocenters. The van der Waals surface area contributed by atoms with Crippen molar-refractivity contribution in [3.05, 3.63) is 0 Å². The monoisotopic (exact) mass is 1170 g/mol. The van der Waals surface area contributed by atoms with Crippen LogP contribution in [0.3, 0.4) is 0 Å². The van der Waals surface area contributed by atoms with E-state index in [1.165, 1.54) is 0 Å². The minimum Gasteiger partial charge on any atom is -0.414 e. The maximum absolute atomic E-state index is 13.6. The number of fused-ring (bicyclic) bond motifs is 2. The molecule has 4 fully saturated rings. The Morgan fingerprint density at radius 2 is 0.961 bits per heavy atom. The van der Waals surface area contributed by atoms with Crippen LogP contribution in [-0.4, -0.2) is 96.4 Å². The Morgan fingerprint density at radius 3 is 1.35 bits per heavy atom. The number of aliphatic hydroxyl groups is 4. The van der Waals surface area contributed by atoms with E-state index < -0.39 is 145 Å². The van der Waals surface area contributed by atoms with Crippen molar-refractivity contribution in [2.24, 2.45) is 45.3 Å². The van der Waals surface area contributed by atoms with Crippen LogP contribution in [0.1, 0.15) is 208 Å². The Kier molecular flexibility index (Phi) is 16.0. The zero-order chi connectivity index (χ0) is 69.9. The Balaban J connectivity index is 0.000000479. The lowest BCUT2D eigenvalue weighted by Gasteiger charge is -2.52. The van der Waals surface area contributed by atoms with E-state index in [9.17, 15) is 73.1 Å². The van der Waals surface area contributed by atoms with Crippen molar-refractivity contribution in [3.8, 4) is 23.7 Å². The molecule has 4 N–H and O–H groups in total. The van der Waals surface area contributed by atoms with Gasteiger partial charge in [-0.15, -0.1) is 0 Å². The summed E-state index contributed by atoms with van der Waals surface area (Å²) in [5, 5.41) is 40.4. The molecule has 0 heterocycles. The highest BCUT2D eigenvalue weighted by atomic mass is 28.4. The van der Waals surface area contributed by atoms with Crippen LogP contribution in [0.15, 0.2) is 0 Å². The third kappa shape index (κ3) is 16.4. The van der Waals surface area contributed by atoms with Crippen molar-refractivity contribution in [1.82, 2.24) is 0 Å². The minimum atomic E-state index is -6.12. The first-order valence-electron chi connectivity index (χ1n) is 32.7. The summed E-state index contributed by atoms with van der Waals surface area (Å²) >= 11 is 0. The predicted octanol–water partition coefficient (Wildman–Crippen LogP) is 16.4. The second-order valence-electron chi connectivity index (χ2n) is 26.5. The second-order valence-corrected chi connectivity index (χ2v) is 35.7. The van der Waals surface area contributed by atoms with Crippen LogP contribution in [0.4, 0.5) is 52.7 Å². The van der Waals surface area contributed by atoms with Gasteiger partial charge >= 0.3 is 35.9 Å². The average Bonchev–Trinajstić information content (AvgIpc) is 1.73. The molecule has 4 aliphatic rings. The van der Waals surface area contributed by atoms with Gasteiger partial charge in [-0.1, -0.05) is 86.0 Å². The molecule has 0 spiro atoms. The Hall–Kier alpha value is -1.53. The quantitative estimate of drug-likeness (QED) is 0.0698. The Bertz CT molecular complexity index is 2470. The van der Waals surface area contributed by atoms with Crippen molar-refractivity contribution in [2.45, 2.75) is 289 Å². The van der Waals surface area contributed by atoms with Crippen molar-refractivity contribution < 1.29 is 98.4 Å². The van der Waals surface area contributed by atoms with E-state index in [4.69, 9.17) is 25.3 Å². The number of halogens is 12. The van der Waals surface area contributed by atoms with Gasteiger partial charge in [-0.3, -0.25) is 0 Å². The molecule has 77 heavy (non-hydrogen) atoms. The molecule has 0 saturated heterocycles. The van der Waals surface area contributed by atoms with E-state index >= 15 is 0 Å². The van der Waals surface area contributed by atoms with Gasteiger partial charge in [0.1, 0.15) is 0 Å². The van der Waals surface area contributed by atoms with E-state index in [2.05, 4.69) is 46.7 Å². The lowest BCUT2D eigenvalue weighted by Crippen LogP contribution is -2.55. The molecule has 0 aliphatic heterocycles. The first-order chi connectivity index (χ1) is 39.2. The van der Waals surface area contributed by atoms with E-state index in [-0.39, 0.29) is 60.5 Å². The van der Waals surface area contributed by atoms with E-state index in [1.54, 1.807) is 33.5 Å². The van der Waals surface area contributed by atoms with Gasteiger partial charge in [-0.05, 0) is 199 Å². The zero-order valence-corrected chi connectivity index (χ0v) is 48.8. The maximum atomic E-state index is 13.6. The minimum absolute atomic E-state index is 0.0522.